The number of benzene rings is 2. The number of hydrogen-bond donors (Lipinski definition) is 2. The monoisotopic (exact) mass is 269 g/mol. The van der Waals surface area contributed by atoms with E-state index < -0.39 is 0 Å². The summed E-state index contributed by atoms with van der Waals surface area (Å²) in [6, 6.07) is 11.6. The number of nitrogens with two attached hydrogens (primary N) is 1. The van der Waals surface area contributed by atoms with Crippen LogP contribution >= 0.6 is 0 Å². The van der Waals surface area contributed by atoms with Gasteiger partial charge in [0.1, 0.15) is 11.5 Å². The zero-order chi connectivity index (χ0) is 14.1. The Bertz CT molecular complexity index is 637. The molecular weight excluding hydrogens is 250 g/mol. The van der Waals surface area contributed by atoms with Crippen molar-refractivity contribution in [3.8, 4) is 11.5 Å². The van der Waals surface area contributed by atoms with E-state index in [0.29, 0.717) is 11.7 Å². The molecule has 0 bridgehead atoms. The Kier molecular flexibility index (Phi) is 3.26. The lowest BCUT2D eigenvalue weighted by molar-refractivity contribution is 0.414. The van der Waals surface area contributed by atoms with Gasteiger partial charge in [0.05, 0.1) is 7.11 Å². The highest BCUT2D eigenvalue weighted by atomic mass is 16.5. The number of hydrogen-bond acceptors (Lipinski definition) is 3. The molecule has 3 rings (SSSR count). The normalized spacial score (nSPS) is 17.6. The lowest BCUT2D eigenvalue weighted by atomic mass is 9.79. The highest BCUT2D eigenvalue weighted by Crippen LogP contribution is 2.37. The van der Waals surface area contributed by atoms with Gasteiger partial charge >= 0.3 is 0 Å². The number of anilines is 1. The molecule has 1 atom stereocenters. The van der Waals surface area contributed by atoms with E-state index in [-0.39, 0.29) is 0 Å². The van der Waals surface area contributed by atoms with Crippen molar-refractivity contribution >= 4 is 5.69 Å². The van der Waals surface area contributed by atoms with Gasteiger partial charge in [-0.25, -0.2) is 0 Å². The second-order valence-corrected chi connectivity index (χ2v) is 5.39. The summed E-state index contributed by atoms with van der Waals surface area (Å²) in [6.45, 7) is 0. The summed E-state index contributed by atoms with van der Waals surface area (Å²) in [6.07, 6.45) is 3.03. The lowest BCUT2D eigenvalue weighted by Gasteiger charge is -2.26. The zero-order valence-electron chi connectivity index (χ0n) is 11.6. The quantitative estimate of drug-likeness (QED) is 0.823. The summed E-state index contributed by atoms with van der Waals surface area (Å²) in [5.41, 5.74) is 10.7. The number of methoxy groups -OCH3 is 1. The number of ether oxygens (including phenoxy) is 1. The molecular formula is C17H19NO2. The van der Waals surface area contributed by atoms with E-state index in [2.05, 4.69) is 6.07 Å². The van der Waals surface area contributed by atoms with Gasteiger partial charge in [0.2, 0.25) is 0 Å². The van der Waals surface area contributed by atoms with E-state index in [1.165, 1.54) is 16.7 Å². The summed E-state index contributed by atoms with van der Waals surface area (Å²) in [4.78, 5) is 0. The van der Waals surface area contributed by atoms with Gasteiger partial charge in [-0.15, -0.1) is 0 Å². The van der Waals surface area contributed by atoms with Crippen molar-refractivity contribution < 1.29 is 9.84 Å². The molecule has 1 aliphatic rings. The van der Waals surface area contributed by atoms with Crippen LogP contribution in [0.2, 0.25) is 0 Å². The van der Waals surface area contributed by atoms with Crippen LogP contribution < -0.4 is 10.5 Å². The van der Waals surface area contributed by atoms with Crippen molar-refractivity contribution in [1.29, 1.82) is 0 Å². The summed E-state index contributed by atoms with van der Waals surface area (Å²) in [7, 11) is 1.65. The molecule has 0 saturated carbocycles. The van der Waals surface area contributed by atoms with Gasteiger partial charge in [-0.1, -0.05) is 12.1 Å². The van der Waals surface area contributed by atoms with Crippen LogP contribution in [0.3, 0.4) is 0 Å². The molecule has 0 aromatic heterocycles. The number of nitrogen functional groups attached to an aromatic ring is 1. The minimum absolute atomic E-state index is 0.353. The molecule has 0 unspecified atom stereocenters. The minimum Gasteiger partial charge on any atom is -0.508 e. The molecule has 0 fully saturated rings. The fraction of sp³-hybridized carbons (Fsp3) is 0.294. The molecule has 2 aromatic carbocycles. The molecule has 2 aromatic rings. The first kappa shape index (κ1) is 12.9. The number of phenols is 1. The van der Waals surface area contributed by atoms with Crippen LogP contribution in [-0.4, -0.2) is 12.2 Å². The van der Waals surface area contributed by atoms with Crippen molar-refractivity contribution in [2.45, 2.75) is 25.2 Å². The Morgan fingerprint density at radius 3 is 2.75 bits per heavy atom. The Morgan fingerprint density at radius 1 is 1.15 bits per heavy atom. The smallest absolute Gasteiger partial charge is 0.120 e. The first-order chi connectivity index (χ1) is 9.67. The molecule has 3 heteroatoms. The largest absolute Gasteiger partial charge is 0.508 e. The maximum absolute atomic E-state index is 9.54. The first-order valence-corrected chi connectivity index (χ1v) is 6.91. The number of aryl methyl sites for hydroxylation is 1. The molecule has 104 valence electrons. The Morgan fingerprint density at radius 2 is 2.00 bits per heavy atom. The fourth-order valence-electron chi connectivity index (χ4n) is 3.06. The number of phenolic OH excluding ortho intramolecular Hbond substituents is 1. The SMILES string of the molecule is COc1ccc([C@@H]2CCc3cc(O)ccc3C2)c(N)c1. The molecule has 3 N–H and O–H groups in total. The summed E-state index contributed by atoms with van der Waals surface area (Å²) in [5, 5.41) is 9.54. The van der Waals surface area contributed by atoms with Crippen molar-refractivity contribution in [2.75, 3.05) is 12.8 Å². The van der Waals surface area contributed by atoms with Crippen molar-refractivity contribution in [3.63, 3.8) is 0 Å². The molecule has 0 saturated heterocycles. The summed E-state index contributed by atoms with van der Waals surface area (Å²) in [5.74, 6) is 1.59. The van der Waals surface area contributed by atoms with Crippen LogP contribution in [0.1, 0.15) is 29.0 Å². The number of aromatic hydroxyl groups is 1. The standard InChI is InChI=1S/C17H19NO2/c1-20-15-6-7-16(17(18)10-15)13-3-2-12-9-14(19)5-4-11(12)8-13/h4-7,9-10,13,19H,2-3,8,18H2,1H3/t13-/m1/s1. The van der Waals surface area contributed by atoms with E-state index in [4.69, 9.17) is 10.5 Å². The average molecular weight is 269 g/mol. The molecule has 0 aliphatic heterocycles. The molecule has 0 radical (unpaired) electrons. The van der Waals surface area contributed by atoms with E-state index in [1.807, 2.05) is 24.3 Å². The Hall–Kier alpha value is -2.16. The van der Waals surface area contributed by atoms with E-state index in [9.17, 15) is 5.11 Å². The van der Waals surface area contributed by atoms with Crippen molar-refractivity contribution in [3.05, 3.63) is 53.1 Å². The molecule has 0 amide bonds. The van der Waals surface area contributed by atoms with Gasteiger partial charge in [0.25, 0.3) is 0 Å². The van der Waals surface area contributed by atoms with Crippen LogP contribution in [-0.2, 0) is 12.8 Å². The van der Waals surface area contributed by atoms with Crippen LogP contribution in [0.25, 0.3) is 0 Å². The van der Waals surface area contributed by atoms with E-state index in [1.54, 1.807) is 13.2 Å². The maximum Gasteiger partial charge on any atom is 0.120 e. The fourth-order valence-corrected chi connectivity index (χ4v) is 3.06. The van der Waals surface area contributed by atoms with E-state index in [0.717, 1.165) is 30.7 Å². The highest BCUT2D eigenvalue weighted by molar-refractivity contribution is 5.54. The predicted octanol–water partition coefficient (Wildman–Crippen LogP) is 3.26. The zero-order valence-corrected chi connectivity index (χ0v) is 11.6. The predicted molar refractivity (Wildman–Crippen MR) is 80.3 cm³/mol. The summed E-state index contributed by atoms with van der Waals surface area (Å²) < 4.78 is 5.20. The topological polar surface area (TPSA) is 55.5 Å². The van der Waals surface area contributed by atoms with Gasteiger partial charge in [0, 0.05) is 11.8 Å². The summed E-state index contributed by atoms with van der Waals surface area (Å²) >= 11 is 0. The van der Waals surface area contributed by atoms with Gasteiger partial charge in [-0.3, -0.25) is 0 Å². The minimum atomic E-state index is 0.353. The van der Waals surface area contributed by atoms with Gasteiger partial charge < -0.3 is 15.6 Å². The Balaban J connectivity index is 1.88. The molecule has 3 nitrogen and oxygen atoms in total. The molecule has 1 aliphatic carbocycles. The second-order valence-electron chi connectivity index (χ2n) is 5.39. The maximum atomic E-state index is 9.54. The molecule has 0 spiro atoms. The third kappa shape index (κ3) is 2.31. The van der Waals surface area contributed by atoms with Crippen LogP contribution in [0.15, 0.2) is 36.4 Å². The molecule has 20 heavy (non-hydrogen) atoms. The lowest BCUT2D eigenvalue weighted by Crippen LogP contribution is -2.14. The third-order valence-corrected chi connectivity index (χ3v) is 4.15. The average Bonchev–Trinajstić information content (AvgIpc) is 2.46. The molecule has 0 heterocycles. The number of fused-ring (bicyclic) bond motifs is 1. The van der Waals surface area contributed by atoms with E-state index >= 15 is 0 Å². The van der Waals surface area contributed by atoms with Gasteiger partial charge in [-0.05, 0) is 60.1 Å². The van der Waals surface area contributed by atoms with Crippen LogP contribution in [0.4, 0.5) is 5.69 Å². The first-order valence-electron chi connectivity index (χ1n) is 6.91. The van der Waals surface area contributed by atoms with Crippen molar-refractivity contribution in [2.24, 2.45) is 0 Å². The van der Waals surface area contributed by atoms with Crippen LogP contribution in [0, 0.1) is 0 Å². The van der Waals surface area contributed by atoms with Gasteiger partial charge in [0.15, 0.2) is 0 Å². The number of rotatable bonds is 2. The second kappa shape index (κ2) is 5.08. The Labute approximate surface area is 119 Å². The van der Waals surface area contributed by atoms with Crippen molar-refractivity contribution in [1.82, 2.24) is 0 Å². The highest BCUT2D eigenvalue weighted by Gasteiger charge is 2.22. The third-order valence-electron chi connectivity index (χ3n) is 4.15. The van der Waals surface area contributed by atoms with Crippen LogP contribution in [0.5, 0.6) is 11.5 Å². The van der Waals surface area contributed by atoms with Gasteiger partial charge in [-0.2, -0.15) is 0 Å².